The van der Waals surface area contributed by atoms with Crippen molar-refractivity contribution in [2.75, 3.05) is 19.7 Å². The van der Waals surface area contributed by atoms with Crippen LogP contribution in [-0.4, -0.2) is 46.0 Å². The Balaban J connectivity index is 2.56. The van der Waals surface area contributed by atoms with Crippen LogP contribution in [0.4, 0.5) is 0 Å². The molecule has 0 aliphatic carbocycles. The maximum Gasteiger partial charge on any atom is 0.333 e. The number of aromatic nitrogens is 2. The monoisotopic (exact) mass is 389 g/mol. The maximum atomic E-state index is 12.8. The number of pyridine rings is 1. The van der Waals surface area contributed by atoms with Crippen LogP contribution in [0.3, 0.4) is 0 Å². The van der Waals surface area contributed by atoms with Crippen LogP contribution in [0.5, 0.6) is 0 Å². The molecule has 0 saturated heterocycles. The van der Waals surface area contributed by atoms with Crippen molar-refractivity contribution in [1.82, 2.24) is 14.5 Å². The van der Waals surface area contributed by atoms with Crippen LogP contribution in [-0.2, 0) is 20.9 Å². The highest BCUT2D eigenvalue weighted by molar-refractivity contribution is 7.07. The van der Waals surface area contributed by atoms with E-state index < -0.39 is 5.97 Å². The molecule has 0 N–H and O–H groups in total. The van der Waals surface area contributed by atoms with Crippen LogP contribution in [0.25, 0.3) is 12.2 Å². The zero-order valence-corrected chi connectivity index (χ0v) is 16.5. The molecule has 0 aromatic carbocycles. The number of amides is 1. The van der Waals surface area contributed by atoms with Gasteiger partial charge < -0.3 is 9.64 Å². The van der Waals surface area contributed by atoms with Gasteiger partial charge in [-0.2, -0.15) is 0 Å². The van der Waals surface area contributed by atoms with Crippen molar-refractivity contribution in [1.29, 1.82) is 0 Å². The molecule has 144 valence electrons. The highest BCUT2D eigenvalue weighted by Gasteiger charge is 2.14. The van der Waals surface area contributed by atoms with Crippen LogP contribution >= 0.6 is 11.3 Å². The van der Waals surface area contributed by atoms with Gasteiger partial charge in [-0.1, -0.05) is 6.07 Å². The Kier molecular flexibility index (Phi) is 7.48. The Labute approximate surface area is 161 Å². The fourth-order valence-corrected chi connectivity index (χ4v) is 3.53. The molecular weight excluding hydrogens is 366 g/mol. The molecule has 2 rings (SSSR count). The van der Waals surface area contributed by atoms with Crippen LogP contribution in [0.1, 0.15) is 26.3 Å². The standard InChI is InChI=1S/C19H23N3O4S/c1-4-21(5-2)16(23)13-22-17(11-18(24)26-6-3)27-15(19(22)25)10-14-8-7-9-20-12-14/h7-12H,4-6,13H2,1-3H3/b15-10+,17-11+. The van der Waals surface area contributed by atoms with Gasteiger partial charge in [-0.25, -0.2) is 4.79 Å². The van der Waals surface area contributed by atoms with Crippen molar-refractivity contribution in [3.63, 3.8) is 0 Å². The smallest absolute Gasteiger partial charge is 0.333 e. The lowest BCUT2D eigenvalue weighted by Crippen LogP contribution is -2.40. The summed E-state index contributed by atoms with van der Waals surface area (Å²) in [5.41, 5.74) is 0.445. The molecule has 0 unspecified atom stereocenters. The van der Waals surface area contributed by atoms with Crippen molar-refractivity contribution < 1.29 is 14.3 Å². The fourth-order valence-electron chi connectivity index (χ4n) is 2.50. The summed E-state index contributed by atoms with van der Waals surface area (Å²) >= 11 is 1.14. The number of hydrogen-bond donors (Lipinski definition) is 0. The maximum absolute atomic E-state index is 12.8. The molecule has 0 bridgehead atoms. The first kappa shape index (κ1) is 20.6. The van der Waals surface area contributed by atoms with Crippen LogP contribution < -0.4 is 14.8 Å². The lowest BCUT2D eigenvalue weighted by molar-refractivity contribution is -0.135. The van der Waals surface area contributed by atoms with Gasteiger partial charge in [-0.05, 0) is 38.5 Å². The van der Waals surface area contributed by atoms with Crippen LogP contribution in [0.15, 0.2) is 29.3 Å². The van der Waals surface area contributed by atoms with Gasteiger partial charge in [-0.3, -0.25) is 19.1 Å². The third kappa shape index (κ3) is 5.37. The highest BCUT2D eigenvalue weighted by Crippen LogP contribution is 1.96. The van der Waals surface area contributed by atoms with E-state index in [0.29, 0.717) is 22.3 Å². The minimum Gasteiger partial charge on any atom is -0.463 e. The van der Waals surface area contributed by atoms with Gasteiger partial charge in [0.25, 0.3) is 5.56 Å². The first-order valence-corrected chi connectivity index (χ1v) is 9.59. The van der Waals surface area contributed by atoms with Gasteiger partial charge in [0.05, 0.1) is 17.2 Å². The number of carbonyl (C=O) groups is 2. The molecule has 8 heteroatoms. The van der Waals surface area contributed by atoms with Crippen molar-refractivity contribution in [2.24, 2.45) is 0 Å². The zero-order valence-electron chi connectivity index (χ0n) is 15.7. The van der Waals surface area contributed by atoms with E-state index >= 15 is 0 Å². The highest BCUT2D eigenvalue weighted by atomic mass is 32.1. The van der Waals surface area contributed by atoms with Crippen LogP contribution in [0.2, 0.25) is 0 Å². The topological polar surface area (TPSA) is 81.5 Å². The summed E-state index contributed by atoms with van der Waals surface area (Å²) in [7, 11) is 0. The first-order valence-electron chi connectivity index (χ1n) is 8.77. The summed E-state index contributed by atoms with van der Waals surface area (Å²) in [6, 6.07) is 3.60. The number of rotatable bonds is 7. The molecule has 2 heterocycles. The predicted molar refractivity (Wildman–Crippen MR) is 105 cm³/mol. The predicted octanol–water partition coefficient (Wildman–Crippen LogP) is 0.346. The lowest BCUT2D eigenvalue weighted by atomic mass is 10.3. The number of esters is 1. The number of carbonyl (C=O) groups excluding carboxylic acids is 2. The molecule has 0 saturated carbocycles. The summed E-state index contributed by atoms with van der Waals surface area (Å²) in [4.78, 5) is 42.9. The molecule has 0 aliphatic heterocycles. The third-order valence-electron chi connectivity index (χ3n) is 3.86. The Bertz CT molecular complexity index is 959. The SMILES string of the molecule is CCOC(=O)/C=c1/s/c(=C/c2cccnc2)c(=O)n1CC(=O)N(CC)CC. The van der Waals surface area contributed by atoms with E-state index in [4.69, 9.17) is 4.74 Å². The second kappa shape index (κ2) is 9.82. The molecular formula is C19H23N3O4S. The molecule has 0 radical (unpaired) electrons. The Morgan fingerprint density at radius 3 is 2.63 bits per heavy atom. The van der Waals surface area contributed by atoms with Gasteiger partial charge in [0.15, 0.2) is 0 Å². The van der Waals surface area contributed by atoms with Crippen molar-refractivity contribution in [3.05, 3.63) is 49.6 Å². The van der Waals surface area contributed by atoms with Gasteiger partial charge in [0, 0.05) is 25.5 Å². The van der Waals surface area contributed by atoms with E-state index in [1.54, 1.807) is 36.4 Å². The third-order valence-corrected chi connectivity index (χ3v) is 4.92. The Morgan fingerprint density at radius 2 is 2.04 bits per heavy atom. The average molecular weight is 389 g/mol. The summed E-state index contributed by atoms with van der Waals surface area (Å²) < 4.78 is 7.07. The number of nitrogens with zero attached hydrogens (tertiary/aromatic N) is 3. The molecule has 7 nitrogen and oxygen atoms in total. The molecule has 2 aromatic rings. The average Bonchev–Trinajstić information content (AvgIpc) is 2.92. The summed E-state index contributed by atoms with van der Waals surface area (Å²) in [6.07, 6.45) is 6.23. The van der Waals surface area contributed by atoms with Crippen molar-refractivity contribution in [3.8, 4) is 0 Å². The minimum absolute atomic E-state index is 0.122. The molecule has 0 fully saturated rings. The lowest BCUT2D eigenvalue weighted by Gasteiger charge is -2.18. The molecule has 0 spiro atoms. The van der Waals surface area contributed by atoms with E-state index in [2.05, 4.69) is 4.98 Å². The summed E-state index contributed by atoms with van der Waals surface area (Å²) in [5.74, 6) is -0.720. The van der Waals surface area contributed by atoms with E-state index in [9.17, 15) is 14.4 Å². The molecule has 1 amide bonds. The van der Waals surface area contributed by atoms with Gasteiger partial charge >= 0.3 is 5.97 Å². The minimum atomic E-state index is -0.546. The molecule has 0 atom stereocenters. The fraction of sp³-hybridized carbons (Fsp3) is 0.368. The number of hydrogen-bond acceptors (Lipinski definition) is 6. The van der Waals surface area contributed by atoms with Gasteiger partial charge in [-0.15, -0.1) is 11.3 Å². The van der Waals surface area contributed by atoms with E-state index in [-0.39, 0.29) is 24.6 Å². The molecule has 2 aromatic heterocycles. The van der Waals surface area contributed by atoms with Crippen molar-refractivity contribution >= 4 is 35.4 Å². The molecule has 0 aliphatic rings. The van der Waals surface area contributed by atoms with Crippen molar-refractivity contribution in [2.45, 2.75) is 27.3 Å². The summed E-state index contributed by atoms with van der Waals surface area (Å²) in [6.45, 7) is 6.69. The Hall–Kier alpha value is -2.74. The second-order valence-corrected chi connectivity index (χ2v) is 6.65. The first-order chi connectivity index (χ1) is 13.0. The zero-order chi connectivity index (χ0) is 19.8. The quantitative estimate of drug-likeness (QED) is 0.638. The van der Waals surface area contributed by atoms with Crippen LogP contribution in [0, 0.1) is 0 Å². The number of ether oxygens (including phenoxy) is 1. The number of likely N-dealkylation sites (N-methyl/N-ethyl adjacent to an activating group) is 1. The molecule has 27 heavy (non-hydrogen) atoms. The van der Waals surface area contributed by atoms with Gasteiger partial charge in [0.2, 0.25) is 5.91 Å². The van der Waals surface area contributed by atoms with E-state index in [0.717, 1.165) is 16.9 Å². The van der Waals surface area contributed by atoms with E-state index in [1.807, 2.05) is 19.9 Å². The summed E-state index contributed by atoms with van der Waals surface area (Å²) in [5, 5.41) is 0. The van der Waals surface area contributed by atoms with E-state index in [1.165, 1.54) is 10.6 Å². The Morgan fingerprint density at radius 1 is 1.30 bits per heavy atom. The van der Waals surface area contributed by atoms with Gasteiger partial charge in [0.1, 0.15) is 11.2 Å². The normalized spacial score (nSPS) is 12.3. The number of thiazole rings is 1. The largest absolute Gasteiger partial charge is 0.463 e. The second-order valence-electron chi connectivity index (χ2n) is 5.59.